The van der Waals surface area contributed by atoms with Crippen LogP contribution in [0, 0.1) is 9.49 Å². The fourth-order valence-corrected chi connectivity index (χ4v) is 3.62. The molecule has 0 heterocycles. The zero-order valence-corrected chi connectivity index (χ0v) is 20.9. The molecule has 0 aliphatic carbocycles. The van der Waals surface area contributed by atoms with Crippen molar-refractivity contribution in [2.75, 3.05) is 20.8 Å². The molecule has 0 saturated heterocycles. The Hall–Kier alpha value is -2.82. The minimum absolute atomic E-state index is 0.140. The molecule has 0 aromatic heterocycles. The van der Waals surface area contributed by atoms with Crippen molar-refractivity contribution in [3.63, 3.8) is 0 Å². The molecule has 1 atom stereocenters. The number of nitrogens with zero attached hydrogens (tertiary/aromatic N) is 1. The lowest BCUT2D eigenvalue weighted by atomic mass is 10.0. The van der Waals surface area contributed by atoms with Gasteiger partial charge in [-0.25, -0.2) is 5.43 Å². The van der Waals surface area contributed by atoms with Gasteiger partial charge >= 0.3 is 0 Å². The molecule has 2 amide bonds. The molecule has 9 heteroatoms. The zero-order valence-electron chi connectivity index (χ0n) is 18.8. The molecule has 32 heavy (non-hydrogen) atoms. The van der Waals surface area contributed by atoms with Crippen LogP contribution in [-0.4, -0.2) is 44.9 Å². The molecule has 1 unspecified atom stereocenters. The fraction of sp³-hybridized carbons (Fsp3) is 0.348. The van der Waals surface area contributed by atoms with Crippen LogP contribution in [0.5, 0.6) is 17.2 Å². The van der Waals surface area contributed by atoms with Gasteiger partial charge in [-0.3, -0.25) is 9.59 Å². The van der Waals surface area contributed by atoms with Crippen molar-refractivity contribution in [2.24, 2.45) is 11.0 Å². The van der Waals surface area contributed by atoms with Crippen molar-refractivity contribution >= 4 is 40.6 Å². The molecule has 0 radical (unpaired) electrons. The summed E-state index contributed by atoms with van der Waals surface area (Å²) in [4.78, 5) is 25.2. The number of hydrogen-bond acceptors (Lipinski definition) is 6. The van der Waals surface area contributed by atoms with E-state index in [9.17, 15) is 9.59 Å². The summed E-state index contributed by atoms with van der Waals surface area (Å²) < 4.78 is 17.0. The van der Waals surface area contributed by atoms with E-state index >= 15 is 0 Å². The average molecular weight is 553 g/mol. The Morgan fingerprint density at radius 3 is 2.38 bits per heavy atom. The predicted octanol–water partition coefficient (Wildman–Crippen LogP) is 3.61. The summed E-state index contributed by atoms with van der Waals surface area (Å²) in [7, 11) is 3.12. The van der Waals surface area contributed by atoms with Gasteiger partial charge in [-0.05, 0) is 77.4 Å². The third kappa shape index (κ3) is 6.84. The predicted molar refractivity (Wildman–Crippen MR) is 132 cm³/mol. The highest BCUT2D eigenvalue weighted by molar-refractivity contribution is 14.1. The van der Waals surface area contributed by atoms with Crippen LogP contribution in [0.15, 0.2) is 41.5 Å². The summed E-state index contributed by atoms with van der Waals surface area (Å²) >= 11 is 2.16. The molecule has 0 aliphatic heterocycles. The lowest BCUT2D eigenvalue weighted by Gasteiger charge is -2.20. The summed E-state index contributed by atoms with van der Waals surface area (Å²) in [5, 5.41) is 6.81. The number of halogens is 1. The first-order chi connectivity index (χ1) is 15.3. The van der Waals surface area contributed by atoms with Crippen LogP contribution >= 0.6 is 22.6 Å². The number of hydrazone groups is 1. The number of methoxy groups -OCH3 is 2. The maximum atomic E-state index is 12.7. The molecule has 0 aliphatic rings. The number of carbonyl (C=O) groups excluding carboxylic acids is 2. The molecule has 0 spiro atoms. The number of hydrogen-bond donors (Lipinski definition) is 2. The quantitative estimate of drug-likeness (QED) is 0.266. The Labute approximate surface area is 201 Å². The van der Waals surface area contributed by atoms with Gasteiger partial charge in [-0.2, -0.15) is 5.10 Å². The Bertz CT molecular complexity index is 961. The van der Waals surface area contributed by atoms with E-state index < -0.39 is 11.9 Å². The maximum absolute atomic E-state index is 12.7. The number of nitrogens with one attached hydrogen (secondary N) is 2. The number of carbonyl (C=O) groups is 2. The first-order valence-corrected chi connectivity index (χ1v) is 11.2. The van der Waals surface area contributed by atoms with Crippen LogP contribution in [0.4, 0.5) is 0 Å². The monoisotopic (exact) mass is 553 g/mol. The van der Waals surface area contributed by atoms with E-state index in [-0.39, 0.29) is 11.8 Å². The molecule has 8 nitrogen and oxygen atoms in total. The second-order valence-corrected chi connectivity index (χ2v) is 8.29. The molecule has 2 aromatic carbocycles. The van der Waals surface area contributed by atoms with Gasteiger partial charge in [0.15, 0.2) is 11.5 Å². The van der Waals surface area contributed by atoms with E-state index in [0.29, 0.717) is 29.4 Å². The van der Waals surface area contributed by atoms with Crippen LogP contribution in [-0.2, 0) is 4.79 Å². The second kappa shape index (κ2) is 12.3. The zero-order chi connectivity index (χ0) is 23.7. The Morgan fingerprint density at radius 1 is 1.12 bits per heavy atom. The van der Waals surface area contributed by atoms with E-state index in [2.05, 4.69) is 38.4 Å². The molecule has 0 bridgehead atoms. The first-order valence-electron chi connectivity index (χ1n) is 10.1. The van der Waals surface area contributed by atoms with Gasteiger partial charge in [0.05, 0.1) is 30.6 Å². The summed E-state index contributed by atoms with van der Waals surface area (Å²) in [5.74, 6) is 0.992. The Morgan fingerprint density at radius 2 is 1.81 bits per heavy atom. The Balaban J connectivity index is 2.07. The van der Waals surface area contributed by atoms with Gasteiger partial charge in [-0.1, -0.05) is 13.8 Å². The van der Waals surface area contributed by atoms with E-state index in [0.717, 1.165) is 9.13 Å². The number of ether oxygens (including phenoxy) is 3. The van der Waals surface area contributed by atoms with Crippen molar-refractivity contribution in [2.45, 2.75) is 26.8 Å². The van der Waals surface area contributed by atoms with Gasteiger partial charge in [0, 0.05) is 5.56 Å². The van der Waals surface area contributed by atoms with Gasteiger partial charge in [0.25, 0.3) is 11.8 Å². The van der Waals surface area contributed by atoms with Crippen LogP contribution in [0.25, 0.3) is 0 Å². The standard InChI is InChI=1S/C23H28IN3O5/c1-6-32-21-18(24)11-15(12-19(21)31-5)13-25-27-23(29)20(14(2)3)26-22(28)16-7-9-17(30-4)10-8-16/h7-14,20H,6H2,1-5H3,(H,26,28)(H,27,29). The third-order valence-corrected chi connectivity index (χ3v) is 5.32. The summed E-state index contributed by atoms with van der Waals surface area (Å²) in [5.41, 5.74) is 3.67. The van der Waals surface area contributed by atoms with Crippen LogP contribution in [0.1, 0.15) is 36.7 Å². The number of benzene rings is 2. The molecule has 0 fully saturated rings. The van der Waals surface area contributed by atoms with E-state index in [4.69, 9.17) is 14.2 Å². The van der Waals surface area contributed by atoms with E-state index in [1.54, 1.807) is 44.6 Å². The molecular weight excluding hydrogens is 525 g/mol. The highest BCUT2D eigenvalue weighted by Crippen LogP contribution is 2.33. The minimum Gasteiger partial charge on any atom is -0.497 e. The minimum atomic E-state index is -0.753. The van der Waals surface area contributed by atoms with Gasteiger partial charge < -0.3 is 19.5 Å². The topological polar surface area (TPSA) is 98.2 Å². The maximum Gasteiger partial charge on any atom is 0.262 e. The SMILES string of the molecule is CCOc1c(I)cc(C=NNC(=O)C(NC(=O)c2ccc(OC)cc2)C(C)C)cc1OC. The van der Waals surface area contributed by atoms with Crippen molar-refractivity contribution in [3.8, 4) is 17.2 Å². The lowest BCUT2D eigenvalue weighted by molar-refractivity contribution is -0.123. The van der Waals surface area contributed by atoms with Crippen molar-refractivity contribution < 1.29 is 23.8 Å². The molecule has 2 N–H and O–H groups in total. The highest BCUT2D eigenvalue weighted by atomic mass is 127. The van der Waals surface area contributed by atoms with Gasteiger partial charge in [0.2, 0.25) is 0 Å². The molecule has 2 rings (SSSR count). The van der Waals surface area contributed by atoms with Crippen LogP contribution < -0.4 is 25.0 Å². The first kappa shape index (κ1) is 25.4. The highest BCUT2D eigenvalue weighted by Gasteiger charge is 2.24. The van der Waals surface area contributed by atoms with Crippen LogP contribution in [0.3, 0.4) is 0 Å². The van der Waals surface area contributed by atoms with E-state index in [1.807, 2.05) is 26.8 Å². The van der Waals surface area contributed by atoms with Gasteiger partial charge in [0.1, 0.15) is 11.8 Å². The molecule has 172 valence electrons. The Kier molecular flexibility index (Phi) is 9.76. The fourth-order valence-electron chi connectivity index (χ4n) is 2.84. The number of amides is 2. The van der Waals surface area contributed by atoms with Gasteiger partial charge in [-0.15, -0.1) is 0 Å². The summed E-state index contributed by atoms with van der Waals surface area (Å²) in [6, 6.07) is 9.55. The smallest absolute Gasteiger partial charge is 0.262 e. The summed E-state index contributed by atoms with van der Waals surface area (Å²) in [6.07, 6.45) is 1.51. The number of rotatable bonds is 10. The largest absolute Gasteiger partial charge is 0.497 e. The van der Waals surface area contributed by atoms with E-state index in [1.165, 1.54) is 6.21 Å². The van der Waals surface area contributed by atoms with Crippen molar-refractivity contribution in [1.29, 1.82) is 0 Å². The second-order valence-electron chi connectivity index (χ2n) is 7.13. The van der Waals surface area contributed by atoms with Crippen molar-refractivity contribution in [3.05, 3.63) is 51.1 Å². The molecular formula is C23H28IN3O5. The summed E-state index contributed by atoms with van der Waals surface area (Å²) in [6.45, 7) is 6.12. The molecule has 0 saturated carbocycles. The lowest BCUT2D eigenvalue weighted by Crippen LogP contribution is -2.48. The van der Waals surface area contributed by atoms with Crippen LogP contribution in [0.2, 0.25) is 0 Å². The third-order valence-electron chi connectivity index (χ3n) is 4.52. The average Bonchev–Trinajstić information content (AvgIpc) is 2.78. The van der Waals surface area contributed by atoms with Crippen molar-refractivity contribution in [1.82, 2.24) is 10.7 Å². The molecule has 2 aromatic rings. The normalized spacial score (nSPS) is 11.8.